The minimum Gasteiger partial charge on any atom is -0.822 e. The third-order valence-electron chi connectivity index (χ3n) is 6.49. The van der Waals surface area contributed by atoms with E-state index in [1.807, 2.05) is 0 Å². The van der Waals surface area contributed by atoms with Crippen molar-refractivity contribution in [2.24, 2.45) is 0 Å². The summed E-state index contributed by atoms with van der Waals surface area (Å²) >= 11 is 8.75. The summed E-state index contributed by atoms with van der Waals surface area (Å²) in [5.41, 5.74) is -2.85. The van der Waals surface area contributed by atoms with Gasteiger partial charge in [-0.25, -0.2) is 0 Å². The molecule has 0 rings (SSSR count). The normalized spacial score (nSPS) is 12.7. The molecule has 0 heterocycles. The van der Waals surface area contributed by atoms with Gasteiger partial charge in [0.2, 0.25) is 0 Å². The van der Waals surface area contributed by atoms with Crippen LogP contribution in [0.25, 0.3) is 0 Å². The van der Waals surface area contributed by atoms with Crippen molar-refractivity contribution in [2.45, 2.75) is 180 Å². The molecular weight excluding hydrogens is 678 g/mol. The zero-order chi connectivity index (χ0) is 31.5. The summed E-state index contributed by atoms with van der Waals surface area (Å²) in [6.07, 6.45) is 31.9. The number of phosphoric acid groups is 1. The van der Waals surface area contributed by atoms with E-state index in [-0.39, 0.29) is 0 Å². The summed E-state index contributed by atoms with van der Waals surface area (Å²) in [6, 6.07) is 0. The molecule has 0 saturated heterocycles. The maximum Gasteiger partial charge on any atom is -0.159 e. The summed E-state index contributed by atoms with van der Waals surface area (Å²) < 4.78 is 14.1. The van der Waals surface area contributed by atoms with E-state index in [1.54, 1.807) is 0 Å². The molecular formula is C30H63MoO6P2S2. The van der Waals surface area contributed by atoms with Crippen LogP contribution in [0.3, 0.4) is 0 Å². The molecule has 0 aromatic carbocycles. The Bertz CT molecular complexity index is 543. The predicted molar refractivity (Wildman–Crippen MR) is 173 cm³/mol. The van der Waals surface area contributed by atoms with Gasteiger partial charge in [-0.05, 0) is 18.6 Å². The third-order valence-corrected chi connectivity index (χ3v) is 11.6. The molecule has 11 heteroatoms. The third kappa shape index (κ3) is 57.9. The average Bonchev–Trinajstić information content (AvgIpc) is 2.90. The fourth-order valence-electron chi connectivity index (χ4n) is 4.10. The molecule has 0 fully saturated rings. The Kier molecular flexibility index (Phi) is 43.6. The van der Waals surface area contributed by atoms with E-state index in [0.717, 1.165) is 18.6 Å². The second kappa shape index (κ2) is 37.9. The van der Waals surface area contributed by atoms with Crippen LogP contribution >= 0.6 is 24.9 Å². The van der Waals surface area contributed by atoms with Gasteiger partial charge in [0.15, 0.2) is 0 Å². The molecule has 0 saturated carbocycles. The first-order valence-corrected chi connectivity index (χ1v) is 23.6. The maximum atomic E-state index is 12.3. The maximum absolute atomic E-state index is 12.3. The minimum atomic E-state index is -5.39. The largest absolute Gasteiger partial charge is 0.822 e. The molecule has 0 aromatic rings. The van der Waals surface area contributed by atoms with Crippen LogP contribution in [0.2, 0.25) is 4.81 Å². The summed E-state index contributed by atoms with van der Waals surface area (Å²) in [7, 11) is -5.39. The van der Waals surface area contributed by atoms with Crippen LogP contribution in [0.5, 0.6) is 0 Å². The van der Waals surface area contributed by atoms with E-state index in [0.29, 0.717) is 6.61 Å². The fourth-order valence-corrected chi connectivity index (χ4v) is 7.98. The summed E-state index contributed by atoms with van der Waals surface area (Å²) in [5, 5.41) is 0. The Hall–Kier alpha value is 1.72. The number of rotatable bonds is 28. The number of hydrogen-bond donors (Lipinski definition) is 0. The molecule has 41 heavy (non-hydrogen) atoms. The van der Waals surface area contributed by atoms with Crippen molar-refractivity contribution in [3.05, 3.63) is 0 Å². The summed E-state index contributed by atoms with van der Waals surface area (Å²) in [4.78, 5) is 39.3. The van der Waals surface area contributed by atoms with Crippen LogP contribution in [-0.2, 0) is 40.7 Å². The Labute approximate surface area is 275 Å². The molecule has 1 unspecified atom stereocenters. The smallest absolute Gasteiger partial charge is 0.159 e. The van der Waals surface area contributed by atoms with Gasteiger partial charge >= 0.3 is 57.2 Å². The van der Waals surface area contributed by atoms with Gasteiger partial charge in [0, 0.05) is 5.69 Å². The van der Waals surface area contributed by atoms with Crippen molar-refractivity contribution >= 4 is 36.7 Å². The molecule has 0 aliphatic carbocycles. The zero-order valence-electron chi connectivity index (χ0n) is 26.7. The topological polar surface area (TPSA) is 119 Å². The number of hydrogen-bond acceptors (Lipinski definition) is 8. The van der Waals surface area contributed by atoms with Crippen LogP contribution < -0.4 is 19.6 Å². The first-order valence-electron chi connectivity index (χ1n) is 16.4. The van der Waals surface area contributed by atoms with Crippen molar-refractivity contribution in [1.82, 2.24) is 0 Å². The van der Waals surface area contributed by atoms with Crippen LogP contribution in [-0.4, -0.2) is 12.4 Å². The minimum absolute atomic E-state index is 0.572. The molecule has 0 aromatic heterocycles. The van der Waals surface area contributed by atoms with E-state index in [9.17, 15) is 4.89 Å². The van der Waals surface area contributed by atoms with Gasteiger partial charge in [0.1, 0.15) is 0 Å². The molecule has 0 amide bonds. The standard InChI is InChI=1S/C24H51O2PS2.C6H13.Mo.H3O4P/c1-3-5-7-9-11-13-15-17-19-21-23-26-27(25,28)29-24-22-20-18-16-14-12-10-8-6-4-2;1-3-5-6-4-2;;1-5(2,3)4/h3-24H2,1-2H3,(H,25,28);1,3-6H2,2H3;;(H3,1,2,3,4)/q;;+4;/p-4. The van der Waals surface area contributed by atoms with Crippen LogP contribution in [0.15, 0.2) is 0 Å². The first-order chi connectivity index (χ1) is 19.5. The van der Waals surface area contributed by atoms with Crippen LogP contribution in [0.4, 0.5) is 0 Å². The molecule has 0 spiro atoms. The van der Waals surface area contributed by atoms with Crippen LogP contribution in [0.1, 0.15) is 175 Å². The van der Waals surface area contributed by atoms with Crippen molar-refractivity contribution in [3.8, 4) is 0 Å². The summed E-state index contributed by atoms with van der Waals surface area (Å²) in [6.45, 7) is 7.35. The van der Waals surface area contributed by atoms with Crippen LogP contribution in [0, 0.1) is 0 Å². The van der Waals surface area contributed by atoms with Gasteiger partial charge in [-0.3, -0.25) is 0 Å². The van der Waals surface area contributed by atoms with Gasteiger partial charge in [0.25, 0.3) is 0 Å². The number of unbranched alkanes of at least 4 members (excludes halogenated alkanes) is 21. The molecule has 0 aliphatic heterocycles. The van der Waals surface area contributed by atoms with E-state index in [1.165, 1.54) is 157 Å². The SMILES string of the molecule is CCCCCCCCCCCCOP([O-])(=S)SCCCCCCCCCCCC.CCCCC[CH2][Mo+4].O=P([O-])([O-])[O-]. The van der Waals surface area contributed by atoms with Crippen molar-refractivity contribution in [3.63, 3.8) is 0 Å². The van der Waals surface area contributed by atoms with Crippen molar-refractivity contribution in [1.29, 1.82) is 0 Å². The Balaban J connectivity index is -0.000000996. The second-order valence-corrected chi connectivity index (χ2v) is 18.8. The van der Waals surface area contributed by atoms with Gasteiger partial charge in [-0.1, -0.05) is 141 Å². The molecule has 0 bridgehead atoms. The summed E-state index contributed by atoms with van der Waals surface area (Å²) in [5.74, 6) is 0.884. The molecule has 6 nitrogen and oxygen atoms in total. The predicted octanol–water partition coefficient (Wildman–Crippen LogP) is 8.87. The van der Waals surface area contributed by atoms with Crippen molar-refractivity contribution in [2.75, 3.05) is 12.4 Å². The zero-order valence-corrected chi connectivity index (χ0v) is 32.1. The van der Waals surface area contributed by atoms with Gasteiger partial charge in [-0.2, -0.15) is 7.82 Å². The van der Waals surface area contributed by atoms with Gasteiger partial charge in [0.05, 0.1) is 6.61 Å². The second-order valence-electron chi connectivity index (χ2n) is 10.7. The fraction of sp³-hybridized carbons (Fsp3) is 1.00. The Morgan fingerprint density at radius 1 is 0.561 bits per heavy atom. The van der Waals surface area contributed by atoms with Crippen molar-refractivity contribution < 1.29 is 48.5 Å². The van der Waals surface area contributed by atoms with E-state index in [4.69, 9.17) is 35.6 Å². The quantitative estimate of drug-likeness (QED) is 0.0444. The van der Waals surface area contributed by atoms with Gasteiger partial charge in [-0.15, -0.1) is 11.4 Å². The van der Waals surface area contributed by atoms with E-state index < -0.39 is 13.5 Å². The van der Waals surface area contributed by atoms with Gasteiger partial charge < -0.3 is 28.7 Å². The molecule has 0 radical (unpaired) electrons. The Morgan fingerprint density at radius 3 is 1.20 bits per heavy atom. The van der Waals surface area contributed by atoms with E-state index in [2.05, 4.69) is 40.6 Å². The molecule has 247 valence electrons. The molecule has 1 atom stereocenters. The molecule has 0 aliphatic rings. The average molecular weight is 742 g/mol. The van der Waals surface area contributed by atoms with E-state index >= 15 is 0 Å². The first kappa shape index (κ1) is 47.1. The monoisotopic (exact) mass is 743 g/mol. The molecule has 0 N–H and O–H groups in total. The Morgan fingerprint density at radius 2 is 0.854 bits per heavy atom.